The van der Waals surface area contributed by atoms with Crippen molar-refractivity contribution < 1.29 is 9.59 Å². The summed E-state index contributed by atoms with van der Waals surface area (Å²) in [7, 11) is 0. The van der Waals surface area contributed by atoms with E-state index in [1.807, 2.05) is 65.6 Å². The first-order valence-corrected chi connectivity index (χ1v) is 9.92. The van der Waals surface area contributed by atoms with Crippen LogP contribution in [0.25, 0.3) is 5.69 Å². The molecular formula is C23H24N4O2. The summed E-state index contributed by atoms with van der Waals surface area (Å²) in [6.45, 7) is 1.70. The molecule has 4 rings (SSSR count). The molecule has 6 heteroatoms. The molecule has 1 aromatic heterocycles. The second-order valence-electron chi connectivity index (χ2n) is 7.28. The minimum Gasteiger partial charge on any atom is -0.352 e. The fraction of sp³-hybridized carbons (Fsp3) is 0.261. The molecule has 0 aliphatic carbocycles. The van der Waals surface area contributed by atoms with Gasteiger partial charge in [0.05, 0.1) is 17.4 Å². The van der Waals surface area contributed by atoms with Gasteiger partial charge in [0, 0.05) is 31.7 Å². The van der Waals surface area contributed by atoms with Crippen LogP contribution in [0, 0.1) is 5.92 Å². The second-order valence-corrected chi connectivity index (χ2v) is 7.28. The first kappa shape index (κ1) is 18.9. The van der Waals surface area contributed by atoms with Crippen LogP contribution in [0.3, 0.4) is 0 Å². The van der Waals surface area contributed by atoms with Crippen LogP contribution in [-0.2, 0) is 11.3 Å². The number of rotatable bonds is 5. The largest absolute Gasteiger partial charge is 0.352 e. The molecule has 3 aromatic rings. The monoisotopic (exact) mass is 388 g/mol. The molecule has 1 aliphatic heterocycles. The van der Waals surface area contributed by atoms with E-state index in [9.17, 15) is 9.59 Å². The van der Waals surface area contributed by atoms with Gasteiger partial charge in [0.2, 0.25) is 5.91 Å². The number of nitrogens with one attached hydrogen (secondary N) is 1. The lowest BCUT2D eigenvalue weighted by molar-refractivity contribution is -0.126. The molecule has 0 radical (unpaired) electrons. The van der Waals surface area contributed by atoms with Crippen LogP contribution in [0.5, 0.6) is 0 Å². The lowest BCUT2D eigenvalue weighted by Gasteiger charge is -2.31. The third-order valence-electron chi connectivity index (χ3n) is 5.31. The SMILES string of the molecule is O=C(NCc1ccccc1)C1CCN(C(=O)c2cnn(-c3ccccc3)c2)CC1. The standard InChI is InChI=1S/C23H24N4O2/c28-22(24-15-18-7-3-1-4-8-18)19-11-13-26(14-12-19)23(29)20-16-25-27(17-20)21-9-5-2-6-10-21/h1-10,16-17,19H,11-15H2,(H,24,28). The summed E-state index contributed by atoms with van der Waals surface area (Å²) < 4.78 is 1.71. The van der Waals surface area contributed by atoms with Gasteiger partial charge in [-0.2, -0.15) is 5.10 Å². The zero-order chi connectivity index (χ0) is 20.1. The van der Waals surface area contributed by atoms with Crippen molar-refractivity contribution in [2.24, 2.45) is 5.92 Å². The minimum absolute atomic E-state index is 0.0321. The molecule has 2 amide bonds. The van der Waals surface area contributed by atoms with E-state index in [0.717, 1.165) is 11.3 Å². The number of carbonyl (C=O) groups excluding carboxylic acids is 2. The van der Waals surface area contributed by atoms with E-state index >= 15 is 0 Å². The number of hydrogen-bond acceptors (Lipinski definition) is 3. The van der Waals surface area contributed by atoms with Crippen molar-refractivity contribution in [3.05, 3.63) is 84.2 Å². The van der Waals surface area contributed by atoms with Crippen LogP contribution in [0.1, 0.15) is 28.8 Å². The molecule has 148 valence electrons. The molecule has 2 aromatic carbocycles. The van der Waals surface area contributed by atoms with Gasteiger partial charge in [-0.25, -0.2) is 4.68 Å². The Morgan fingerprint density at radius 3 is 2.31 bits per heavy atom. The molecule has 29 heavy (non-hydrogen) atoms. The smallest absolute Gasteiger partial charge is 0.257 e. The van der Waals surface area contributed by atoms with Crippen LogP contribution < -0.4 is 5.32 Å². The summed E-state index contributed by atoms with van der Waals surface area (Å²) in [5, 5.41) is 7.31. The van der Waals surface area contributed by atoms with E-state index < -0.39 is 0 Å². The van der Waals surface area contributed by atoms with Crippen LogP contribution in [0.15, 0.2) is 73.1 Å². The summed E-state index contributed by atoms with van der Waals surface area (Å²) in [4.78, 5) is 27.1. The topological polar surface area (TPSA) is 67.2 Å². The highest BCUT2D eigenvalue weighted by Crippen LogP contribution is 2.20. The third-order valence-corrected chi connectivity index (χ3v) is 5.31. The third kappa shape index (κ3) is 4.54. The molecule has 1 fully saturated rings. The highest BCUT2D eigenvalue weighted by molar-refractivity contribution is 5.94. The van der Waals surface area contributed by atoms with Crippen molar-refractivity contribution in [2.75, 3.05) is 13.1 Å². The Hall–Kier alpha value is -3.41. The van der Waals surface area contributed by atoms with E-state index in [2.05, 4.69) is 10.4 Å². The van der Waals surface area contributed by atoms with Gasteiger partial charge in [0.15, 0.2) is 0 Å². The number of carbonyl (C=O) groups is 2. The Morgan fingerprint density at radius 2 is 1.62 bits per heavy atom. The van der Waals surface area contributed by atoms with E-state index in [-0.39, 0.29) is 17.7 Å². The van der Waals surface area contributed by atoms with Crippen molar-refractivity contribution >= 4 is 11.8 Å². The second kappa shape index (κ2) is 8.73. The van der Waals surface area contributed by atoms with Gasteiger partial charge in [-0.1, -0.05) is 48.5 Å². The Balaban J connectivity index is 1.29. The number of aromatic nitrogens is 2. The Bertz CT molecular complexity index is 961. The number of para-hydroxylation sites is 1. The lowest BCUT2D eigenvalue weighted by Crippen LogP contribution is -2.42. The van der Waals surface area contributed by atoms with Crippen molar-refractivity contribution in [2.45, 2.75) is 19.4 Å². The van der Waals surface area contributed by atoms with Crippen molar-refractivity contribution in [1.82, 2.24) is 20.0 Å². The summed E-state index contributed by atoms with van der Waals surface area (Å²) in [5.41, 5.74) is 2.57. The molecule has 0 spiro atoms. The zero-order valence-corrected chi connectivity index (χ0v) is 16.2. The average molecular weight is 388 g/mol. The first-order valence-electron chi connectivity index (χ1n) is 9.92. The predicted octanol–water partition coefficient (Wildman–Crippen LogP) is 3.04. The minimum atomic E-state index is -0.0465. The highest BCUT2D eigenvalue weighted by Gasteiger charge is 2.28. The van der Waals surface area contributed by atoms with Crippen LogP contribution >= 0.6 is 0 Å². The maximum Gasteiger partial charge on any atom is 0.257 e. The van der Waals surface area contributed by atoms with E-state index in [0.29, 0.717) is 38.0 Å². The molecule has 0 unspecified atom stereocenters. The summed E-state index contributed by atoms with van der Waals surface area (Å²) in [5.74, 6) is -0.0111. The molecule has 0 bridgehead atoms. The van der Waals surface area contributed by atoms with Gasteiger partial charge in [-0.15, -0.1) is 0 Å². The normalized spacial score (nSPS) is 14.6. The number of amides is 2. The number of benzene rings is 2. The van der Waals surface area contributed by atoms with Crippen molar-refractivity contribution in [1.29, 1.82) is 0 Å². The van der Waals surface area contributed by atoms with Crippen LogP contribution in [0.4, 0.5) is 0 Å². The van der Waals surface area contributed by atoms with Gasteiger partial charge in [0.25, 0.3) is 5.91 Å². The maximum atomic E-state index is 12.8. The van der Waals surface area contributed by atoms with Crippen LogP contribution in [0.2, 0.25) is 0 Å². The summed E-state index contributed by atoms with van der Waals surface area (Å²) in [6, 6.07) is 19.6. The van der Waals surface area contributed by atoms with E-state index in [4.69, 9.17) is 0 Å². The number of piperidine rings is 1. The van der Waals surface area contributed by atoms with Gasteiger partial charge >= 0.3 is 0 Å². The Kier molecular flexibility index (Phi) is 5.70. The molecule has 0 atom stereocenters. The fourth-order valence-electron chi connectivity index (χ4n) is 3.61. The molecule has 0 saturated carbocycles. The Labute approximate surface area is 170 Å². The molecular weight excluding hydrogens is 364 g/mol. The number of nitrogens with zero attached hydrogens (tertiary/aromatic N) is 3. The Morgan fingerprint density at radius 1 is 0.966 bits per heavy atom. The number of hydrogen-bond donors (Lipinski definition) is 1. The predicted molar refractivity (Wildman–Crippen MR) is 110 cm³/mol. The fourth-order valence-corrected chi connectivity index (χ4v) is 3.61. The maximum absolute atomic E-state index is 12.8. The van der Waals surface area contributed by atoms with E-state index in [1.165, 1.54) is 0 Å². The molecule has 6 nitrogen and oxygen atoms in total. The summed E-state index contributed by atoms with van der Waals surface area (Å²) in [6.07, 6.45) is 4.72. The van der Waals surface area contributed by atoms with E-state index in [1.54, 1.807) is 17.1 Å². The lowest BCUT2D eigenvalue weighted by atomic mass is 9.95. The summed E-state index contributed by atoms with van der Waals surface area (Å²) >= 11 is 0. The van der Waals surface area contributed by atoms with Gasteiger partial charge in [-0.3, -0.25) is 9.59 Å². The van der Waals surface area contributed by atoms with Gasteiger partial charge in [-0.05, 0) is 30.5 Å². The quantitative estimate of drug-likeness (QED) is 0.731. The molecule has 1 N–H and O–H groups in total. The molecule has 2 heterocycles. The van der Waals surface area contributed by atoms with Gasteiger partial charge in [0.1, 0.15) is 0 Å². The van der Waals surface area contributed by atoms with Crippen LogP contribution in [-0.4, -0.2) is 39.6 Å². The highest BCUT2D eigenvalue weighted by atomic mass is 16.2. The average Bonchev–Trinajstić information content (AvgIpc) is 3.29. The van der Waals surface area contributed by atoms with Crippen molar-refractivity contribution in [3.63, 3.8) is 0 Å². The van der Waals surface area contributed by atoms with Gasteiger partial charge < -0.3 is 10.2 Å². The first-order chi connectivity index (χ1) is 14.2. The molecule has 1 saturated heterocycles. The number of likely N-dealkylation sites (tertiary alicyclic amines) is 1. The zero-order valence-electron chi connectivity index (χ0n) is 16.2. The van der Waals surface area contributed by atoms with Crippen molar-refractivity contribution in [3.8, 4) is 5.69 Å². The molecule has 1 aliphatic rings.